The van der Waals surface area contributed by atoms with Crippen molar-refractivity contribution in [2.75, 3.05) is 26.4 Å². The number of quaternary nitrogens is 1. The number of benzene rings is 2. The molecule has 9 heteroatoms. The molecule has 0 spiro atoms. The van der Waals surface area contributed by atoms with E-state index in [1.54, 1.807) is 12.1 Å². The maximum atomic E-state index is 10.6. The van der Waals surface area contributed by atoms with Crippen LogP contribution in [0.4, 0.5) is 0 Å². The molecule has 2 rings (SSSR count). The van der Waals surface area contributed by atoms with Crippen molar-refractivity contribution in [3.05, 3.63) is 65.7 Å². The molecule has 0 saturated carbocycles. The summed E-state index contributed by atoms with van der Waals surface area (Å²) in [6.07, 6.45) is 0.471. The van der Waals surface area contributed by atoms with E-state index in [-0.39, 0.29) is 10.6 Å². The Bertz CT molecular complexity index is 938. The van der Waals surface area contributed by atoms with Gasteiger partial charge in [0.25, 0.3) is 10.1 Å². The van der Waals surface area contributed by atoms with Crippen LogP contribution in [-0.4, -0.2) is 56.8 Å². The molecule has 156 valence electrons. The van der Waals surface area contributed by atoms with Gasteiger partial charge >= 0.3 is 0 Å². The highest BCUT2D eigenvalue weighted by molar-refractivity contribution is 7.86. The molecule has 0 heterocycles. The van der Waals surface area contributed by atoms with Crippen molar-refractivity contribution in [2.45, 2.75) is 24.8 Å². The monoisotopic (exact) mass is 429 g/mol. The molecule has 0 aliphatic rings. The number of nitrogens with zero attached hydrogens (tertiary/aromatic N) is 1. The lowest BCUT2D eigenvalue weighted by Crippen LogP contribution is -2.40. The topological polar surface area (TPSA) is 112 Å². The Kier molecular flexibility index (Phi) is 8.77. The lowest BCUT2D eigenvalue weighted by Gasteiger charge is -2.29. The molecule has 0 aliphatic heterocycles. The van der Waals surface area contributed by atoms with E-state index in [0.717, 1.165) is 12.1 Å². The quantitative estimate of drug-likeness (QED) is 0.534. The third kappa shape index (κ3) is 10.5. The molecule has 0 radical (unpaired) electrons. The highest BCUT2D eigenvalue weighted by atomic mass is 32.2. The van der Waals surface area contributed by atoms with Crippen molar-refractivity contribution in [3.8, 4) is 0 Å². The second kappa shape index (κ2) is 10.1. The number of hydrogen-bond acceptors (Lipinski definition) is 5. The minimum Gasteiger partial charge on any atom is -0.744 e. The number of rotatable bonds is 7. The average Bonchev–Trinajstić information content (AvgIpc) is 2.54. The van der Waals surface area contributed by atoms with Crippen LogP contribution < -0.4 is 0 Å². The smallest absolute Gasteiger partial charge is 0.265 e. The molecular formula is C19H27NO6S2. The summed E-state index contributed by atoms with van der Waals surface area (Å²) in [4.78, 5) is -0.178. The Morgan fingerprint density at radius 3 is 1.93 bits per heavy atom. The second-order valence-electron chi connectivity index (χ2n) is 7.21. The van der Waals surface area contributed by atoms with Gasteiger partial charge < -0.3 is 9.04 Å². The van der Waals surface area contributed by atoms with Crippen molar-refractivity contribution >= 4 is 20.2 Å². The zero-order valence-electron chi connectivity index (χ0n) is 16.3. The van der Waals surface area contributed by atoms with Gasteiger partial charge in [-0.05, 0) is 19.1 Å². The minimum absolute atomic E-state index is 0.163. The number of aryl methyl sites for hydroxylation is 1. The van der Waals surface area contributed by atoms with Gasteiger partial charge in [0.2, 0.25) is 0 Å². The molecule has 0 bridgehead atoms. The molecule has 0 saturated heterocycles. The van der Waals surface area contributed by atoms with Gasteiger partial charge in [-0.25, -0.2) is 8.42 Å². The zero-order valence-corrected chi connectivity index (χ0v) is 17.9. The van der Waals surface area contributed by atoms with E-state index in [1.165, 1.54) is 17.7 Å². The molecule has 1 N–H and O–H groups in total. The lowest BCUT2D eigenvalue weighted by atomic mass is 10.2. The summed E-state index contributed by atoms with van der Waals surface area (Å²) in [5.74, 6) is -0.163. The van der Waals surface area contributed by atoms with Crippen molar-refractivity contribution in [1.82, 2.24) is 0 Å². The van der Waals surface area contributed by atoms with Crippen LogP contribution in [0.2, 0.25) is 0 Å². The fraction of sp³-hybridized carbons (Fsp3) is 0.368. The number of hydrogen-bond donors (Lipinski definition) is 1. The van der Waals surface area contributed by atoms with E-state index in [1.807, 2.05) is 25.1 Å². The molecule has 28 heavy (non-hydrogen) atoms. The summed E-state index contributed by atoms with van der Waals surface area (Å²) in [6, 6.07) is 15.9. The van der Waals surface area contributed by atoms with Crippen LogP contribution in [-0.2, 0) is 26.8 Å². The van der Waals surface area contributed by atoms with Crippen LogP contribution in [0.25, 0.3) is 0 Å². The lowest BCUT2D eigenvalue weighted by molar-refractivity contribution is -0.903. The molecule has 7 nitrogen and oxygen atoms in total. The van der Waals surface area contributed by atoms with Crippen LogP contribution in [0.15, 0.2) is 59.5 Å². The first-order chi connectivity index (χ1) is 12.8. The average molecular weight is 430 g/mol. The third-order valence-corrected chi connectivity index (χ3v) is 5.58. The van der Waals surface area contributed by atoms with E-state index < -0.39 is 20.2 Å². The highest BCUT2D eigenvalue weighted by Gasteiger charge is 2.17. The molecule has 2 aromatic carbocycles. The predicted octanol–water partition coefficient (Wildman–Crippen LogP) is 2.44. The van der Waals surface area contributed by atoms with Gasteiger partial charge in [-0.1, -0.05) is 48.0 Å². The summed E-state index contributed by atoms with van der Waals surface area (Å²) in [6.45, 7) is 3.39. The van der Waals surface area contributed by atoms with Gasteiger partial charge in [0.1, 0.15) is 16.7 Å². The Hall–Kier alpha value is -1.78. The molecule has 0 aliphatic carbocycles. The van der Waals surface area contributed by atoms with Crippen molar-refractivity contribution in [3.63, 3.8) is 0 Å². The maximum absolute atomic E-state index is 10.6. The van der Waals surface area contributed by atoms with E-state index >= 15 is 0 Å². The van der Waals surface area contributed by atoms with Crippen LogP contribution >= 0.6 is 0 Å². The van der Waals surface area contributed by atoms with Crippen molar-refractivity contribution in [2.24, 2.45) is 0 Å². The summed E-state index contributed by atoms with van der Waals surface area (Å²) in [5, 5.41) is 0. The second-order valence-corrected chi connectivity index (χ2v) is 10.2. The summed E-state index contributed by atoms with van der Waals surface area (Å²) in [5.41, 5.74) is 2.15. The fourth-order valence-electron chi connectivity index (χ4n) is 2.54. The first-order valence-electron chi connectivity index (χ1n) is 8.62. The van der Waals surface area contributed by atoms with Crippen molar-refractivity contribution in [1.29, 1.82) is 0 Å². The molecule has 0 amide bonds. The van der Waals surface area contributed by atoms with Crippen LogP contribution in [0.1, 0.15) is 17.5 Å². The molecule has 0 atom stereocenters. The van der Waals surface area contributed by atoms with Gasteiger partial charge in [-0.2, -0.15) is 8.42 Å². The van der Waals surface area contributed by atoms with Crippen LogP contribution in [0, 0.1) is 6.92 Å². The Labute approximate surface area is 167 Å². The summed E-state index contributed by atoms with van der Waals surface area (Å²) >= 11 is 0. The van der Waals surface area contributed by atoms with Gasteiger partial charge in [0.05, 0.1) is 31.3 Å². The van der Waals surface area contributed by atoms with E-state index in [4.69, 9.17) is 4.55 Å². The summed E-state index contributed by atoms with van der Waals surface area (Å²) in [7, 11) is -3.99. The summed E-state index contributed by atoms with van der Waals surface area (Å²) < 4.78 is 61.8. The van der Waals surface area contributed by atoms with E-state index in [9.17, 15) is 21.4 Å². The minimum atomic E-state index is -4.27. The van der Waals surface area contributed by atoms with Gasteiger partial charge in [0, 0.05) is 12.0 Å². The normalized spacial score (nSPS) is 12.2. The van der Waals surface area contributed by atoms with E-state index in [2.05, 4.69) is 26.2 Å². The predicted molar refractivity (Wildman–Crippen MR) is 107 cm³/mol. The Balaban J connectivity index is 0.000000307. The van der Waals surface area contributed by atoms with E-state index in [0.29, 0.717) is 17.4 Å². The van der Waals surface area contributed by atoms with Crippen molar-refractivity contribution < 1.29 is 30.4 Å². The Morgan fingerprint density at radius 2 is 1.46 bits per heavy atom. The molecule has 2 aromatic rings. The zero-order chi connectivity index (χ0) is 21.4. The Morgan fingerprint density at radius 1 is 0.929 bits per heavy atom. The third-order valence-electron chi connectivity index (χ3n) is 3.93. The van der Waals surface area contributed by atoms with Crippen LogP contribution in [0.3, 0.4) is 0 Å². The first kappa shape index (κ1) is 24.3. The SMILES string of the molecule is C[N+](C)(CCCS(=O)(=O)O)Cc1ccccc1.Cc1ccc(S(=O)(=O)[O-])cc1. The standard InChI is InChI=1S/C12H19NO3S.C7H8O3S/c1-13(2,9-6-10-17(14,15)16)11-12-7-4-3-5-8-12;1-6-2-4-7(5-3-6)11(8,9)10/h3-5,7-8H,6,9-11H2,1-2H3;2-5H,1H3,(H,8,9,10). The molecule has 0 unspecified atom stereocenters. The van der Waals surface area contributed by atoms with Gasteiger partial charge in [-0.3, -0.25) is 4.55 Å². The largest absolute Gasteiger partial charge is 0.744 e. The fourth-order valence-corrected chi connectivity index (χ4v) is 3.50. The molecular weight excluding hydrogens is 402 g/mol. The van der Waals surface area contributed by atoms with Gasteiger partial charge in [-0.15, -0.1) is 0 Å². The maximum Gasteiger partial charge on any atom is 0.265 e. The van der Waals surface area contributed by atoms with Crippen LogP contribution in [0.5, 0.6) is 0 Å². The van der Waals surface area contributed by atoms with Gasteiger partial charge in [0.15, 0.2) is 0 Å². The molecule has 0 aromatic heterocycles. The first-order valence-corrected chi connectivity index (χ1v) is 11.6. The molecule has 0 fully saturated rings. The highest BCUT2D eigenvalue weighted by Crippen LogP contribution is 2.10.